The molecule has 4 rings (SSSR count). The molecule has 1 N–H and O–H groups in total. The number of halogens is 1. The number of nitrogens with zero attached hydrogens (tertiary/aromatic N) is 1. The molecule has 2 aromatic carbocycles. The molecule has 0 radical (unpaired) electrons. The molecule has 3 nitrogen and oxygen atoms in total. The summed E-state index contributed by atoms with van der Waals surface area (Å²) >= 11 is 0. The Morgan fingerprint density at radius 3 is 2.28 bits per heavy atom. The molecule has 2 aliphatic rings. The van der Waals surface area contributed by atoms with Crippen molar-refractivity contribution >= 4 is 0 Å². The number of likely N-dealkylation sites (N-methyl/N-ethyl adjacent to an activating group) is 1. The van der Waals surface area contributed by atoms with Crippen LogP contribution in [0, 0.1) is 5.82 Å². The number of β-amino-alcohol motifs (C(OH)–C–C–N with tert-alkyl or cyclic N) is 1. The number of aliphatic hydroxyl groups is 1. The molecule has 3 atom stereocenters. The summed E-state index contributed by atoms with van der Waals surface area (Å²) < 4.78 is 19.2. The number of ether oxygens (including phenoxy) is 1. The van der Waals surface area contributed by atoms with E-state index in [2.05, 4.69) is 11.9 Å². The fourth-order valence-electron chi connectivity index (χ4n) is 4.19. The molecular weight excluding hydrogens is 317 g/mol. The van der Waals surface area contributed by atoms with Crippen LogP contribution in [0.3, 0.4) is 0 Å². The largest absolute Gasteiger partial charge is 0.361 e. The van der Waals surface area contributed by atoms with Gasteiger partial charge in [-0.3, -0.25) is 4.90 Å². The summed E-state index contributed by atoms with van der Waals surface area (Å²) in [6, 6.07) is 14.6. The molecule has 1 heterocycles. The zero-order chi connectivity index (χ0) is 17.4. The Morgan fingerprint density at radius 1 is 1.00 bits per heavy atom. The molecule has 132 valence electrons. The van der Waals surface area contributed by atoms with Crippen LogP contribution in [-0.2, 0) is 10.5 Å². The summed E-state index contributed by atoms with van der Waals surface area (Å²) in [5.74, 6) is -1.51. The fraction of sp³-hybridized carbons (Fsp3) is 0.429. The van der Waals surface area contributed by atoms with Crippen molar-refractivity contribution in [1.82, 2.24) is 4.90 Å². The van der Waals surface area contributed by atoms with Crippen LogP contribution in [0.15, 0.2) is 48.5 Å². The third-order valence-corrected chi connectivity index (χ3v) is 5.56. The van der Waals surface area contributed by atoms with Crippen LogP contribution < -0.4 is 0 Å². The van der Waals surface area contributed by atoms with E-state index in [0.29, 0.717) is 12.6 Å². The molecule has 2 aromatic rings. The van der Waals surface area contributed by atoms with Gasteiger partial charge in [0.15, 0.2) is 0 Å². The van der Waals surface area contributed by atoms with E-state index in [1.807, 2.05) is 24.3 Å². The third-order valence-electron chi connectivity index (χ3n) is 5.56. The molecule has 1 saturated heterocycles. The minimum Gasteiger partial charge on any atom is -0.361 e. The second-order valence-corrected chi connectivity index (χ2v) is 7.29. The first-order valence-electron chi connectivity index (χ1n) is 9.02. The third kappa shape index (κ3) is 3.22. The average molecular weight is 341 g/mol. The van der Waals surface area contributed by atoms with Gasteiger partial charge in [-0.1, -0.05) is 49.2 Å². The quantitative estimate of drug-likeness (QED) is 0.899. The van der Waals surface area contributed by atoms with E-state index >= 15 is 0 Å². The molecule has 0 aromatic heterocycles. The van der Waals surface area contributed by atoms with Crippen molar-refractivity contribution in [3.63, 3.8) is 0 Å². The van der Waals surface area contributed by atoms with Crippen LogP contribution in [0.2, 0.25) is 0 Å². The summed E-state index contributed by atoms with van der Waals surface area (Å²) in [6.07, 6.45) is 4.63. The van der Waals surface area contributed by atoms with Crippen molar-refractivity contribution in [3.8, 4) is 11.1 Å². The van der Waals surface area contributed by atoms with Crippen molar-refractivity contribution in [2.75, 3.05) is 13.6 Å². The molecule has 25 heavy (non-hydrogen) atoms. The maximum absolute atomic E-state index is 13.1. The normalized spacial score (nSPS) is 30.0. The van der Waals surface area contributed by atoms with Gasteiger partial charge < -0.3 is 9.84 Å². The Bertz CT molecular complexity index is 731. The summed E-state index contributed by atoms with van der Waals surface area (Å²) in [6.45, 7) is 0.476. The van der Waals surface area contributed by atoms with Gasteiger partial charge in [-0.25, -0.2) is 4.39 Å². The van der Waals surface area contributed by atoms with Gasteiger partial charge in [-0.05, 0) is 43.1 Å². The van der Waals surface area contributed by atoms with Crippen molar-refractivity contribution in [3.05, 3.63) is 59.9 Å². The number of morpholine rings is 1. The van der Waals surface area contributed by atoms with E-state index in [4.69, 9.17) is 4.74 Å². The highest BCUT2D eigenvalue weighted by molar-refractivity contribution is 5.63. The van der Waals surface area contributed by atoms with E-state index in [1.54, 1.807) is 12.1 Å². The second kappa shape index (κ2) is 6.52. The maximum atomic E-state index is 13.1. The lowest BCUT2D eigenvalue weighted by atomic mass is 9.88. The van der Waals surface area contributed by atoms with Crippen molar-refractivity contribution in [2.24, 2.45) is 0 Å². The lowest BCUT2D eigenvalue weighted by Crippen LogP contribution is -2.58. The number of hydrogen-bond donors (Lipinski definition) is 1. The van der Waals surface area contributed by atoms with E-state index in [0.717, 1.165) is 36.0 Å². The fourth-order valence-corrected chi connectivity index (χ4v) is 4.19. The van der Waals surface area contributed by atoms with E-state index in [1.165, 1.54) is 18.6 Å². The SMILES string of the molecule is CN1CC(O)(c2ccc(-c3ccc(F)cc3)cc2)OC2CCCCC21. The zero-order valence-corrected chi connectivity index (χ0v) is 14.5. The highest BCUT2D eigenvalue weighted by atomic mass is 19.1. The smallest absolute Gasteiger partial charge is 0.205 e. The Kier molecular flexibility index (Phi) is 4.36. The lowest BCUT2D eigenvalue weighted by molar-refractivity contribution is -0.293. The zero-order valence-electron chi connectivity index (χ0n) is 14.5. The van der Waals surface area contributed by atoms with Crippen LogP contribution >= 0.6 is 0 Å². The topological polar surface area (TPSA) is 32.7 Å². The van der Waals surface area contributed by atoms with E-state index in [-0.39, 0.29) is 11.9 Å². The van der Waals surface area contributed by atoms with Gasteiger partial charge in [-0.15, -0.1) is 0 Å². The predicted octanol–water partition coefficient (Wildman–Crippen LogP) is 3.91. The minimum absolute atomic E-state index is 0.0919. The van der Waals surface area contributed by atoms with Gasteiger partial charge in [0.1, 0.15) is 5.82 Å². The molecule has 0 spiro atoms. The summed E-state index contributed by atoms with van der Waals surface area (Å²) in [4.78, 5) is 2.24. The van der Waals surface area contributed by atoms with Crippen molar-refractivity contribution < 1.29 is 14.2 Å². The Balaban J connectivity index is 1.57. The van der Waals surface area contributed by atoms with Crippen LogP contribution in [0.1, 0.15) is 31.2 Å². The Hall–Kier alpha value is -1.75. The molecular formula is C21H24FNO2. The standard InChI is InChI=1S/C21H24FNO2/c1-23-14-21(24,25-20-5-3-2-4-19(20)23)17-10-6-15(7-11-17)16-8-12-18(22)13-9-16/h6-13,19-20,24H,2-5,14H2,1H3. The lowest BCUT2D eigenvalue weighted by Gasteiger charge is -2.49. The van der Waals surface area contributed by atoms with Gasteiger partial charge >= 0.3 is 0 Å². The summed E-state index contributed by atoms with van der Waals surface area (Å²) in [5.41, 5.74) is 2.72. The minimum atomic E-state index is -1.27. The van der Waals surface area contributed by atoms with Crippen LogP contribution in [0.5, 0.6) is 0 Å². The maximum Gasteiger partial charge on any atom is 0.205 e. The first-order valence-corrected chi connectivity index (χ1v) is 9.02. The monoisotopic (exact) mass is 341 g/mol. The number of benzene rings is 2. The van der Waals surface area contributed by atoms with E-state index in [9.17, 15) is 9.50 Å². The highest BCUT2D eigenvalue weighted by Crippen LogP contribution is 2.38. The first kappa shape index (κ1) is 16.7. The van der Waals surface area contributed by atoms with Crippen LogP contribution in [0.25, 0.3) is 11.1 Å². The molecule has 1 aliphatic carbocycles. The molecule has 2 fully saturated rings. The number of rotatable bonds is 2. The summed E-state index contributed by atoms with van der Waals surface area (Å²) in [7, 11) is 2.07. The number of fused-ring (bicyclic) bond motifs is 1. The average Bonchev–Trinajstić information content (AvgIpc) is 2.62. The molecule has 3 unspecified atom stereocenters. The van der Waals surface area contributed by atoms with Crippen LogP contribution in [-0.4, -0.2) is 35.7 Å². The van der Waals surface area contributed by atoms with Gasteiger partial charge in [-0.2, -0.15) is 0 Å². The van der Waals surface area contributed by atoms with Crippen LogP contribution in [0.4, 0.5) is 4.39 Å². The van der Waals surface area contributed by atoms with Gasteiger partial charge in [0.05, 0.1) is 12.6 Å². The first-order chi connectivity index (χ1) is 12.0. The van der Waals surface area contributed by atoms with Gasteiger partial charge in [0, 0.05) is 11.6 Å². The summed E-state index contributed by atoms with van der Waals surface area (Å²) in [5, 5.41) is 11.1. The molecule has 1 saturated carbocycles. The van der Waals surface area contributed by atoms with Gasteiger partial charge in [0.25, 0.3) is 0 Å². The predicted molar refractivity (Wildman–Crippen MR) is 95.5 cm³/mol. The van der Waals surface area contributed by atoms with Crippen molar-refractivity contribution in [1.29, 1.82) is 0 Å². The second-order valence-electron chi connectivity index (χ2n) is 7.29. The molecule has 1 aliphatic heterocycles. The molecule has 4 heteroatoms. The Morgan fingerprint density at radius 2 is 1.60 bits per heavy atom. The highest BCUT2D eigenvalue weighted by Gasteiger charge is 2.45. The number of hydrogen-bond acceptors (Lipinski definition) is 3. The van der Waals surface area contributed by atoms with E-state index < -0.39 is 5.79 Å². The Labute approximate surface area is 148 Å². The van der Waals surface area contributed by atoms with Crippen molar-refractivity contribution in [2.45, 2.75) is 43.6 Å². The molecule has 0 amide bonds. The van der Waals surface area contributed by atoms with Gasteiger partial charge in [0.2, 0.25) is 5.79 Å². The molecule has 0 bridgehead atoms.